The number of aliphatic hydroxyl groups is 1. The number of thiophene rings is 1. The molecule has 1 N–H and O–H groups in total. The predicted octanol–water partition coefficient (Wildman–Crippen LogP) is 2.71. The maximum absolute atomic E-state index is 9.18. The summed E-state index contributed by atoms with van der Waals surface area (Å²) in [6, 6.07) is 5.85. The molecular formula is C11H8BrN3OS. The molecule has 0 aliphatic rings. The van der Waals surface area contributed by atoms with Gasteiger partial charge in [0.2, 0.25) is 0 Å². The standard InChI is InChI=1S/C11H8BrN3OS/c12-7-3-10(17-6-7)9-1-2-11-13-4-8(5-16)15(11)14-9/h1-4,6,16H,5H2. The number of hydrogen-bond donors (Lipinski definition) is 1. The van der Waals surface area contributed by atoms with Crippen molar-refractivity contribution in [3.8, 4) is 10.6 Å². The minimum Gasteiger partial charge on any atom is -0.390 e. The van der Waals surface area contributed by atoms with E-state index in [1.54, 1.807) is 22.0 Å². The Morgan fingerprint density at radius 2 is 2.29 bits per heavy atom. The van der Waals surface area contributed by atoms with Gasteiger partial charge in [0.1, 0.15) is 5.69 Å². The minimum atomic E-state index is -0.0637. The van der Waals surface area contributed by atoms with Gasteiger partial charge in [-0.1, -0.05) is 0 Å². The predicted molar refractivity (Wildman–Crippen MR) is 69.9 cm³/mol. The van der Waals surface area contributed by atoms with Gasteiger partial charge in [0.05, 0.1) is 23.4 Å². The van der Waals surface area contributed by atoms with E-state index in [4.69, 9.17) is 0 Å². The Kier molecular flexibility index (Phi) is 2.70. The van der Waals surface area contributed by atoms with Crippen LogP contribution >= 0.6 is 27.3 Å². The summed E-state index contributed by atoms with van der Waals surface area (Å²) >= 11 is 5.04. The topological polar surface area (TPSA) is 50.4 Å². The van der Waals surface area contributed by atoms with E-state index in [1.807, 2.05) is 23.6 Å². The van der Waals surface area contributed by atoms with Crippen LogP contribution in [0.15, 0.2) is 34.2 Å². The van der Waals surface area contributed by atoms with Gasteiger partial charge < -0.3 is 5.11 Å². The Bertz CT molecular complexity index is 676. The first-order valence-electron chi connectivity index (χ1n) is 4.97. The lowest BCUT2D eigenvalue weighted by atomic mass is 10.3. The molecule has 0 saturated carbocycles. The van der Waals surface area contributed by atoms with Crippen LogP contribution in [0, 0.1) is 0 Å². The number of aromatic nitrogens is 3. The zero-order valence-electron chi connectivity index (χ0n) is 8.67. The Morgan fingerprint density at radius 1 is 1.41 bits per heavy atom. The van der Waals surface area contributed by atoms with Crippen molar-refractivity contribution in [2.45, 2.75) is 6.61 Å². The number of rotatable bonds is 2. The molecule has 0 radical (unpaired) electrons. The molecule has 3 aromatic rings. The second kappa shape index (κ2) is 4.21. The Balaban J connectivity index is 2.18. The van der Waals surface area contributed by atoms with Crippen LogP contribution in [-0.2, 0) is 6.61 Å². The van der Waals surface area contributed by atoms with Gasteiger partial charge in [-0.3, -0.25) is 0 Å². The molecule has 6 heteroatoms. The van der Waals surface area contributed by atoms with Gasteiger partial charge in [0.25, 0.3) is 0 Å². The van der Waals surface area contributed by atoms with Crippen molar-refractivity contribution in [3.05, 3.63) is 39.9 Å². The van der Waals surface area contributed by atoms with E-state index < -0.39 is 0 Å². The van der Waals surface area contributed by atoms with Crippen molar-refractivity contribution in [2.24, 2.45) is 0 Å². The number of nitrogens with zero attached hydrogens (tertiary/aromatic N) is 3. The van der Waals surface area contributed by atoms with Crippen LogP contribution in [0.5, 0.6) is 0 Å². The molecule has 0 aliphatic heterocycles. The molecule has 3 aromatic heterocycles. The van der Waals surface area contributed by atoms with Crippen LogP contribution < -0.4 is 0 Å². The van der Waals surface area contributed by atoms with Crippen LogP contribution in [0.1, 0.15) is 5.69 Å². The maximum Gasteiger partial charge on any atom is 0.153 e. The van der Waals surface area contributed by atoms with Crippen molar-refractivity contribution < 1.29 is 5.11 Å². The molecule has 0 unspecified atom stereocenters. The average Bonchev–Trinajstić information content (AvgIpc) is 2.94. The van der Waals surface area contributed by atoms with Gasteiger partial charge in [0.15, 0.2) is 5.65 Å². The smallest absolute Gasteiger partial charge is 0.153 e. The third-order valence-corrected chi connectivity index (χ3v) is 4.13. The molecule has 86 valence electrons. The number of hydrogen-bond acceptors (Lipinski definition) is 4. The molecule has 3 heterocycles. The summed E-state index contributed by atoms with van der Waals surface area (Å²) in [7, 11) is 0. The summed E-state index contributed by atoms with van der Waals surface area (Å²) < 4.78 is 2.72. The summed E-state index contributed by atoms with van der Waals surface area (Å²) in [5.74, 6) is 0. The monoisotopic (exact) mass is 309 g/mol. The molecule has 17 heavy (non-hydrogen) atoms. The van der Waals surface area contributed by atoms with Crippen molar-refractivity contribution in [3.63, 3.8) is 0 Å². The highest BCUT2D eigenvalue weighted by Gasteiger charge is 2.07. The zero-order chi connectivity index (χ0) is 11.8. The van der Waals surface area contributed by atoms with Gasteiger partial charge >= 0.3 is 0 Å². The summed E-state index contributed by atoms with van der Waals surface area (Å²) in [6.45, 7) is -0.0637. The molecule has 0 amide bonds. The summed E-state index contributed by atoms with van der Waals surface area (Å²) in [5.41, 5.74) is 2.31. The van der Waals surface area contributed by atoms with E-state index in [0.717, 1.165) is 20.7 Å². The first kappa shape index (κ1) is 10.9. The fraction of sp³-hybridized carbons (Fsp3) is 0.0909. The van der Waals surface area contributed by atoms with Crippen LogP contribution in [0.25, 0.3) is 16.2 Å². The van der Waals surface area contributed by atoms with Gasteiger partial charge in [0, 0.05) is 9.85 Å². The lowest BCUT2D eigenvalue weighted by Crippen LogP contribution is -1.98. The second-order valence-electron chi connectivity index (χ2n) is 3.53. The van der Waals surface area contributed by atoms with Crippen LogP contribution in [-0.4, -0.2) is 19.7 Å². The molecule has 0 aliphatic carbocycles. The summed E-state index contributed by atoms with van der Waals surface area (Å²) in [5, 5.41) is 15.7. The van der Waals surface area contributed by atoms with E-state index in [-0.39, 0.29) is 6.61 Å². The molecule has 3 rings (SSSR count). The molecule has 4 nitrogen and oxygen atoms in total. The Hall–Kier alpha value is -1.24. The maximum atomic E-state index is 9.18. The lowest BCUT2D eigenvalue weighted by Gasteiger charge is -2.00. The van der Waals surface area contributed by atoms with Gasteiger partial charge in [-0.2, -0.15) is 5.10 Å². The van der Waals surface area contributed by atoms with Gasteiger partial charge in [-0.25, -0.2) is 9.50 Å². The summed E-state index contributed by atoms with van der Waals surface area (Å²) in [4.78, 5) is 5.24. The van der Waals surface area contributed by atoms with Crippen molar-refractivity contribution >= 4 is 32.9 Å². The van der Waals surface area contributed by atoms with Crippen molar-refractivity contribution in [2.75, 3.05) is 0 Å². The van der Waals surface area contributed by atoms with Crippen LogP contribution in [0.4, 0.5) is 0 Å². The molecular weight excluding hydrogens is 302 g/mol. The molecule has 0 bridgehead atoms. The highest BCUT2D eigenvalue weighted by molar-refractivity contribution is 9.10. The van der Waals surface area contributed by atoms with Crippen molar-refractivity contribution in [1.29, 1.82) is 0 Å². The van der Waals surface area contributed by atoms with Crippen LogP contribution in [0.2, 0.25) is 0 Å². The number of aliphatic hydroxyl groups excluding tert-OH is 1. The Labute approximate surface area is 110 Å². The largest absolute Gasteiger partial charge is 0.390 e. The third kappa shape index (κ3) is 1.88. The molecule has 0 spiro atoms. The number of imidazole rings is 1. The lowest BCUT2D eigenvalue weighted by molar-refractivity contribution is 0.274. The van der Waals surface area contributed by atoms with Crippen molar-refractivity contribution in [1.82, 2.24) is 14.6 Å². The summed E-state index contributed by atoms with van der Waals surface area (Å²) in [6.07, 6.45) is 1.64. The molecule has 0 atom stereocenters. The second-order valence-corrected chi connectivity index (χ2v) is 5.35. The molecule has 0 fully saturated rings. The van der Waals surface area contributed by atoms with Crippen LogP contribution in [0.3, 0.4) is 0 Å². The molecule has 0 saturated heterocycles. The first-order chi connectivity index (χ1) is 8.28. The quantitative estimate of drug-likeness (QED) is 0.792. The third-order valence-electron chi connectivity index (χ3n) is 2.41. The fourth-order valence-electron chi connectivity index (χ4n) is 1.61. The number of fused-ring (bicyclic) bond motifs is 1. The Morgan fingerprint density at radius 3 is 3.00 bits per heavy atom. The van der Waals surface area contributed by atoms with E-state index in [9.17, 15) is 5.11 Å². The van der Waals surface area contributed by atoms with E-state index in [2.05, 4.69) is 26.0 Å². The van der Waals surface area contributed by atoms with Gasteiger partial charge in [-0.15, -0.1) is 11.3 Å². The zero-order valence-corrected chi connectivity index (χ0v) is 11.1. The van der Waals surface area contributed by atoms with E-state index >= 15 is 0 Å². The normalized spacial score (nSPS) is 11.2. The average molecular weight is 310 g/mol. The fourth-order valence-corrected chi connectivity index (χ4v) is 3.00. The minimum absolute atomic E-state index is 0.0637. The molecule has 0 aromatic carbocycles. The van der Waals surface area contributed by atoms with E-state index in [0.29, 0.717) is 5.69 Å². The SMILES string of the molecule is OCc1cnc2ccc(-c3cc(Br)cs3)nn12. The number of halogens is 1. The van der Waals surface area contributed by atoms with Gasteiger partial charge in [-0.05, 0) is 34.1 Å². The highest BCUT2D eigenvalue weighted by Crippen LogP contribution is 2.28. The first-order valence-corrected chi connectivity index (χ1v) is 6.64. The van der Waals surface area contributed by atoms with E-state index in [1.165, 1.54) is 0 Å². The highest BCUT2D eigenvalue weighted by atomic mass is 79.9.